The van der Waals surface area contributed by atoms with Gasteiger partial charge in [0, 0.05) is 6.42 Å². The molecule has 0 aromatic carbocycles. The summed E-state index contributed by atoms with van der Waals surface area (Å²) in [4.78, 5) is 22.0. The molecule has 0 saturated carbocycles. The molecule has 0 spiro atoms. The van der Waals surface area contributed by atoms with Crippen LogP contribution in [-0.4, -0.2) is 18.4 Å². The Hall–Kier alpha value is -1.16. The highest BCUT2D eigenvalue weighted by Gasteiger charge is 2.14. The molecule has 4 nitrogen and oxygen atoms in total. The maximum absolute atomic E-state index is 11.3. The van der Waals surface area contributed by atoms with Crippen molar-refractivity contribution in [3.05, 3.63) is 12.2 Å². The van der Waals surface area contributed by atoms with Crippen molar-refractivity contribution in [1.82, 2.24) is 5.32 Å². The van der Waals surface area contributed by atoms with Gasteiger partial charge in [0.1, 0.15) is 0 Å². The van der Waals surface area contributed by atoms with Crippen LogP contribution in [0.3, 0.4) is 0 Å². The summed E-state index contributed by atoms with van der Waals surface area (Å²) in [5.74, 6) is -0.346. The van der Waals surface area contributed by atoms with E-state index in [9.17, 15) is 9.59 Å². The lowest BCUT2D eigenvalue weighted by Crippen LogP contribution is -2.36. The van der Waals surface area contributed by atoms with Crippen LogP contribution in [0.1, 0.15) is 25.7 Å². The summed E-state index contributed by atoms with van der Waals surface area (Å²) >= 11 is 0. The minimum atomic E-state index is -0.408. The molecule has 0 aliphatic heterocycles. The van der Waals surface area contributed by atoms with Crippen LogP contribution in [0.4, 0.5) is 0 Å². The number of allylic oxidation sites excluding steroid dienone is 2. The predicted octanol–water partition coefficient (Wildman–Crippen LogP) is 0.334. The fourth-order valence-electron chi connectivity index (χ4n) is 1.55. The topological polar surface area (TPSA) is 72.2 Å². The standard InChI is InChI=1S/C10H16N2O2/c11-7-10(14)12-9(13)6-8-4-2-1-3-5-8/h2,4,8H,1,3,5-7,11H2,(H,12,13,14)/t8-/m0/s1. The number of amides is 2. The average molecular weight is 196 g/mol. The molecular formula is C10H16N2O2. The molecule has 14 heavy (non-hydrogen) atoms. The fourth-order valence-corrected chi connectivity index (χ4v) is 1.55. The zero-order valence-corrected chi connectivity index (χ0v) is 8.16. The van der Waals surface area contributed by atoms with Gasteiger partial charge in [-0.1, -0.05) is 12.2 Å². The first kappa shape index (κ1) is 10.9. The zero-order valence-electron chi connectivity index (χ0n) is 8.16. The van der Waals surface area contributed by atoms with Gasteiger partial charge >= 0.3 is 0 Å². The largest absolute Gasteiger partial charge is 0.322 e. The van der Waals surface area contributed by atoms with Crippen molar-refractivity contribution in [2.45, 2.75) is 25.7 Å². The lowest BCUT2D eigenvalue weighted by Gasteiger charge is -2.15. The maximum Gasteiger partial charge on any atom is 0.240 e. The molecule has 2 amide bonds. The number of nitrogens with one attached hydrogen (secondary N) is 1. The first-order chi connectivity index (χ1) is 6.72. The van der Waals surface area contributed by atoms with Crippen molar-refractivity contribution in [3.8, 4) is 0 Å². The lowest BCUT2D eigenvalue weighted by atomic mass is 9.93. The van der Waals surface area contributed by atoms with E-state index in [-0.39, 0.29) is 18.4 Å². The summed E-state index contributed by atoms with van der Waals surface area (Å²) < 4.78 is 0. The van der Waals surface area contributed by atoms with Gasteiger partial charge < -0.3 is 5.73 Å². The number of hydrogen-bond acceptors (Lipinski definition) is 3. The second kappa shape index (κ2) is 5.54. The van der Waals surface area contributed by atoms with E-state index >= 15 is 0 Å². The quantitative estimate of drug-likeness (QED) is 0.639. The Balaban J connectivity index is 2.29. The number of imide groups is 1. The van der Waals surface area contributed by atoms with E-state index in [1.807, 2.05) is 0 Å². The van der Waals surface area contributed by atoms with Gasteiger partial charge in [-0.3, -0.25) is 14.9 Å². The van der Waals surface area contributed by atoms with Crippen molar-refractivity contribution in [3.63, 3.8) is 0 Å². The van der Waals surface area contributed by atoms with Crippen molar-refractivity contribution >= 4 is 11.8 Å². The van der Waals surface area contributed by atoms with Crippen molar-refractivity contribution in [1.29, 1.82) is 0 Å². The summed E-state index contributed by atoms with van der Waals surface area (Å²) in [6.07, 6.45) is 7.78. The number of rotatable bonds is 3. The van der Waals surface area contributed by atoms with Gasteiger partial charge in [0.15, 0.2) is 0 Å². The highest BCUT2D eigenvalue weighted by Crippen LogP contribution is 2.19. The van der Waals surface area contributed by atoms with Crippen molar-refractivity contribution in [2.24, 2.45) is 11.7 Å². The molecule has 0 saturated heterocycles. The van der Waals surface area contributed by atoms with E-state index in [0.717, 1.165) is 19.3 Å². The minimum absolute atomic E-state index is 0.133. The molecule has 0 aromatic rings. The predicted molar refractivity (Wildman–Crippen MR) is 53.3 cm³/mol. The normalized spacial score (nSPS) is 20.5. The smallest absolute Gasteiger partial charge is 0.240 e. The third kappa shape index (κ3) is 3.70. The summed E-state index contributed by atoms with van der Waals surface area (Å²) in [6.45, 7) is -0.133. The molecule has 0 fully saturated rings. The minimum Gasteiger partial charge on any atom is -0.322 e. The fraction of sp³-hybridized carbons (Fsp3) is 0.600. The SMILES string of the molecule is NCC(=O)NC(=O)C[C@H]1C=CCCC1. The third-order valence-electron chi connectivity index (χ3n) is 2.27. The Morgan fingerprint density at radius 3 is 2.79 bits per heavy atom. The van der Waals surface area contributed by atoms with Crippen LogP contribution in [0.15, 0.2) is 12.2 Å². The molecule has 1 aliphatic rings. The highest BCUT2D eigenvalue weighted by molar-refractivity contribution is 5.96. The monoisotopic (exact) mass is 196 g/mol. The third-order valence-corrected chi connectivity index (χ3v) is 2.27. The molecular weight excluding hydrogens is 180 g/mol. The van der Waals surface area contributed by atoms with Gasteiger partial charge in [0.05, 0.1) is 6.54 Å². The molecule has 3 N–H and O–H groups in total. The van der Waals surface area contributed by atoms with Gasteiger partial charge in [-0.2, -0.15) is 0 Å². The Bertz CT molecular complexity index is 249. The first-order valence-electron chi connectivity index (χ1n) is 4.92. The number of carbonyl (C=O) groups is 2. The summed E-state index contributed by atoms with van der Waals surface area (Å²) in [5, 5.41) is 2.24. The molecule has 0 aromatic heterocycles. The zero-order chi connectivity index (χ0) is 10.4. The van der Waals surface area contributed by atoms with E-state index in [1.165, 1.54) is 0 Å². The van der Waals surface area contributed by atoms with E-state index in [1.54, 1.807) is 0 Å². The molecule has 4 heteroatoms. The first-order valence-corrected chi connectivity index (χ1v) is 4.92. The second-order valence-corrected chi connectivity index (χ2v) is 3.50. The Morgan fingerprint density at radius 1 is 1.43 bits per heavy atom. The van der Waals surface area contributed by atoms with Gasteiger partial charge in [-0.15, -0.1) is 0 Å². The van der Waals surface area contributed by atoms with Crippen LogP contribution in [0.2, 0.25) is 0 Å². The lowest BCUT2D eigenvalue weighted by molar-refractivity contribution is -0.130. The molecule has 78 valence electrons. The van der Waals surface area contributed by atoms with Crippen LogP contribution in [0, 0.1) is 5.92 Å². The highest BCUT2D eigenvalue weighted by atomic mass is 16.2. The summed E-state index contributed by atoms with van der Waals surface area (Å²) in [7, 11) is 0. The molecule has 0 heterocycles. The van der Waals surface area contributed by atoms with E-state index in [4.69, 9.17) is 5.73 Å². The Labute approximate surface area is 83.5 Å². The average Bonchev–Trinajstić information content (AvgIpc) is 2.19. The van der Waals surface area contributed by atoms with Crippen molar-refractivity contribution in [2.75, 3.05) is 6.54 Å². The summed E-state index contributed by atoms with van der Waals surface area (Å²) in [6, 6.07) is 0. The van der Waals surface area contributed by atoms with Crippen LogP contribution in [0.25, 0.3) is 0 Å². The van der Waals surface area contributed by atoms with E-state index < -0.39 is 5.91 Å². The maximum atomic E-state index is 11.3. The molecule has 0 radical (unpaired) electrons. The van der Waals surface area contributed by atoms with E-state index in [2.05, 4.69) is 17.5 Å². The van der Waals surface area contributed by atoms with Gasteiger partial charge in [-0.05, 0) is 25.2 Å². The van der Waals surface area contributed by atoms with Gasteiger partial charge in [0.25, 0.3) is 0 Å². The van der Waals surface area contributed by atoms with Gasteiger partial charge in [0.2, 0.25) is 11.8 Å². The molecule has 0 unspecified atom stereocenters. The second-order valence-electron chi connectivity index (χ2n) is 3.50. The Morgan fingerprint density at radius 2 is 2.21 bits per heavy atom. The molecule has 1 aliphatic carbocycles. The van der Waals surface area contributed by atoms with Crippen LogP contribution in [0.5, 0.6) is 0 Å². The number of hydrogen-bond donors (Lipinski definition) is 2. The van der Waals surface area contributed by atoms with Crippen LogP contribution in [-0.2, 0) is 9.59 Å². The van der Waals surface area contributed by atoms with Crippen LogP contribution < -0.4 is 11.1 Å². The van der Waals surface area contributed by atoms with Gasteiger partial charge in [-0.25, -0.2) is 0 Å². The number of nitrogens with two attached hydrogens (primary N) is 1. The van der Waals surface area contributed by atoms with Crippen molar-refractivity contribution < 1.29 is 9.59 Å². The number of carbonyl (C=O) groups excluding carboxylic acids is 2. The molecule has 1 atom stereocenters. The van der Waals surface area contributed by atoms with E-state index in [0.29, 0.717) is 6.42 Å². The molecule has 0 bridgehead atoms. The summed E-state index contributed by atoms with van der Waals surface area (Å²) in [5.41, 5.74) is 5.08. The van der Waals surface area contributed by atoms with Crippen LogP contribution >= 0.6 is 0 Å². The Kier molecular flexibility index (Phi) is 4.32. The molecule has 1 rings (SSSR count).